The van der Waals surface area contributed by atoms with Gasteiger partial charge in [0.1, 0.15) is 5.60 Å². The van der Waals surface area contributed by atoms with E-state index >= 15 is 0 Å². The Bertz CT molecular complexity index is 1270. The van der Waals surface area contributed by atoms with Crippen molar-refractivity contribution in [2.75, 3.05) is 0 Å². The van der Waals surface area contributed by atoms with E-state index in [-0.39, 0.29) is 30.1 Å². The zero-order valence-corrected chi connectivity index (χ0v) is 30.1. The van der Waals surface area contributed by atoms with E-state index in [0.29, 0.717) is 6.42 Å². The fourth-order valence-corrected chi connectivity index (χ4v) is 9.72. The van der Waals surface area contributed by atoms with Crippen LogP contribution in [0.4, 0.5) is 0 Å². The molecule has 1 saturated carbocycles. The standard InChI is InChI=1S/C33H52O8Si2/c1-21-25(40-43(11,12)30(3,4)5)18-24-27(21)28-33(36,32(7,29(35)38-28)41-42(8,9)10)26(19-31(24,6)39-22(2)34)37-20-23-16-14-13-15-17-23/h13-17,24-26,28,36H,18-20H2,1-12H3. The lowest BCUT2D eigenvalue weighted by atomic mass is 9.75. The molecule has 10 heteroatoms. The van der Waals surface area contributed by atoms with Crippen molar-refractivity contribution >= 4 is 28.6 Å². The van der Waals surface area contributed by atoms with Crippen LogP contribution in [0.15, 0.2) is 41.5 Å². The van der Waals surface area contributed by atoms with E-state index in [4.69, 9.17) is 23.1 Å². The lowest BCUT2D eigenvalue weighted by Gasteiger charge is -2.45. The van der Waals surface area contributed by atoms with Gasteiger partial charge in [0.2, 0.25) is 0 Å². The minimum atomic E-state index is -2.41. The maximum Gasteiger partial charge on any atom is 0.341 e. The second-order valence-corrected chi connectivity index (χ2v) is 24.7. The van der Waals surface area contributed by atoms with Gasteiger partial charge in [-0.15, -0.1) is 0 Å². The third-order valence-corrected chi connectivity index (χ3v) is 15.6. The van der Waals surface area contributed by atoms with Crippen molar-refractivity contribution in [2.24, 2.45) is 5.92 Å². The molecular formula is C33H52O8Si2. The number of hydrogen-bond acceptors (Lipinski definition) is 8. The summed E-state index contributed by atoms with van der Waals surface area (Å²) in [5.41, 5.74) is -2.11. The lowest BCUT2D eigenvalue weighted by Crippen LogP contribution is -2.67. The number of esters is 2. The summed E-state index contributed by atoms with van der Waals surface area (Å²) >= 11 is 0. The van der Waals surface area contributed by atoms with Crippen LogP contribution in [0, 0.1) is 5.92 Å². The molecule has 2 fully saturated rings. The number of carbonyl (C=O) groups is 2. The highest BCUT2D eigenvalue weighted by molar-refractivity contribution is 6.74. The van der Waals surface area contributed by atoms with Gasteiger partial charge >= 0.3 is 11.9 Å². The molecule has 3 aliphatic rings. The summed E-state index contributed by atoms with van der Waals surface area (Å²) in [6.07, 6.45) is -1.61. The third kappa shape index (κ3) is 6.07. The molecule has 8 nitrogen and oxygen atoms in total. The molecule has 0 amide bonds. The molecule has 0 spiro atoms. The predicted octanol–water partition coefficient (Wildman–Crippen LogP) is 6.29. The maximum atomic E-state index is 13.9. The fraction of sp³-hybridized carbons (Fsp3) is 0.697. The minimum absolute atomic E-state index is 0.0253. The zero-order valence-electron chi connectivity index (χ0n) is 28.1. The fourth-order valence-electron chi connectivity index (χ4n) is 6.91. The van der Waals surface area contributed by atoms with Crippen LogP contribution < -0.4 is 0 Å². The molecule has 1 aliphatic heterocycles. The molecule has 2 aliphatic carbocycles. The molecule has 7 unspecified atom stereocenters. The first kappa shape index (κ1) is 34.1. The number of aliphatic hydroxyl groups is 1. The van der Waals surface area contributed by atoms with E-state index in [0.717, 1.165) is 16.7 Å². The molecule has 1 saturated heterocycles. The van der Waals surface area contributed by atoms with Crippen molar-refractivity contribution in [3.63, 3.8) is 0 Å². The van der Waals surface area contributed by atoms with Crippen molar-refractivity contribution in [3.05, 3.63) is 47.0 Å². The summed E-state index contributed by atoms with van der Waals surface area (Å²) in [5, 5.41) is 13.1. The van der Waals surface area contributed by atoms with Crippen molar-refractivity contribution in [3.8, 4) is 0 Å². The normalized spacial score (nSPS) is 34.9. The van der Waals surface area contributed by atoms with Crippen molar-refractivity contribution in [1.82, 2.24) is 0 Å². The van der Waals surface area contributed by atoms with Crippen molar-refractivity contribution in [2.45, 2.75) is 141 Å². The van der Waals surface area contributed by atoms with Gasteiger partial charge in [0.25, 0.3) is 0 Å². The Labute approximate surface area is 259 Å². The Morgan fingerprint density at radius 2 is 1.70 bits per heavy atom. The zero-order chi connectivity index (χ0) is 32.4. The first-order chi connectivity index (χ1) is 19.6. The second-order valence-electron chi connectivity index (χ2n) is 15.5. The number of rotatable bonds is 8. The molecule has 43 heavy (non-hydrogen) atoms. The summed E-state index contributed by atoms with van der Waals surface area (Å²) < 4.78 is 32.5. The minimum Gasteiger partial charge on any atom is -0.459 e. The average Bonchev–Trinajstić information content (AvgIpc) is 3.24. The van der Waals surface area contributed by atoms with Crippen LogP contribution in [0.5, 0.6) is 0 Å². The molecule has 1 N–H and O–H groups in total. The van der Waals surface area contributed by atoms with Crippen LogP contribution in [0.2, 0.25) is 37.8 Å². The Morgan fingerprint density at radius 1 is 1.09 bits per heavy atom. The largest absolute Gasteiger partial charge is 0.459 e. The SMILES string of the molecule is CC(=O)OC1(C)CC(OCc2ccccc2)C2(O)C(OC(=O)C2(C)O[Si](C)(C)C)C2=C(C)C(O[Si](C)(C)C(C)(C)C)CC21. The molecule has 1 aromatic rings. The second kappa shape index (κ2) is 11.2. The van der Waals surface area contributed by atoms with Crippen LogP contribution >= 0.6 is 0 Å². The number of carbonyl (C=O) groups excluding carboxylic acids is 2. The average molecular weight is 633 g/mol. The van der Waals surface area contributed by atoms with Crippen LogP contribution in [0.25, 0.3) is 0 Å². The van der Waals surface area contributed by atoms with E-state index < -0.39 is 57.6 Å². The number of hydrogen-bond donors (Lipinski definition) is 1. The Morgan fingerprint density at radius 3 is 2.23 bits per heavy atom. The van der Waals surface area contributed by atoms with Gasteiger partial charge in [0.05, 0.1) is 18.8 Å². The van der Waals surface area contributed by atoms with Gasteiger partial charge in [-0.3, -0.25) is 4.79 Å². The highest BCUT2D eigenvalue weighted by atomic mass is 28.4. The van der Waals surface area contributed by atoms with Crippen LogP contribution in [-0.4, -0.2) is 68.8 Å². The highest BCUT2D eigenvalue weighted by Gasteiger charge is 2.75. The van der Waals surface area contributed by atoms with Crippen LogP contribution in [0.3, 0.4) is 0 Å². The first-order valence-electron chi connectivity index (χ1n) is 15.4. The van der Waals surface area contributed by atoms with Crippen molar-refractivity contribution in [1.29, 1.82) is 0 Å². The van der Waals surface area contributed by atoms with E-state index in [1.165, 1.54) is 6.92 Å². The van der Waals surface area contributed by atoms with Gasteiger partial charge in [-0.05, 0) is 81.7 Å². The molecule has 0 aromatic heterocycles. The monoisotopic (exact) mass is 632 g/mol. The molecule has 1 heterocycles. The number of ether oxygens (including phenoxy) is 3. The highest BCUT2D eigenvalue weighted by Crippen LogP contribution is 2.58. The molecule has 0 radical (unpaired) electrons. The van der Waals surface area contributed by atoms with Gasteiger partial charge in [-0.2, -0.15) is 0 Å². The summed E-state index contributed by atoms with van der Waals surface area (Å²) in [6.45, 7) is 24.1. The lowest BCUT2D eigenvalue weighted by molar-refractivity contribution is -0.206. The van der Waals surface area contributed by atoms with Crippen LogP contribution in [-0.2, 0) is 39.3 Å². The van der Waals surface area contributed by atoms with Gasteiger partial charge in [0.15, 0.2) is 33.9 Å². The maximum absolute atomic E-state index is 13.9. The van der Waals surface area contributed by atoms with Gasteiger partial charge in [-0.25, -0.2) is 4.79 Å². The van der Waals surface area contributed by atoms with E-state index in [1.54, 1.807) is 6.92 Å². The summed E-state index contributed by atoms with van der Waals surface area (Å²) in [6, 6.07) is 9.67. The Balaban J connectivity index is 1.91. The van der Waals surface area contributed by atoms with Crippen molar-refractivity contribution < 1.29 is 37.8 Å². The van der Waals surface area contributed by atoms with E-state index in [1.807, 2.05) is 63.8 Å². The van der Waals surface area contributed by atoms with Gasteiger partial charge < -0.3 is 28.2 Å². The number of benzene rings is 1. The Hall–Kier alpha value is -1.83. The third-order valence-electron chi connectivity index (χ3n) is 10.1. The van der Waals surface area contributed by atoms with E-state index in [9.17, 15) is 14.7 Å². The summed E-state index contributed by atoms with van der Waals surface area (Å²) in [5.74, 6) is -1.40. The molecule has 1 aromatic carbocycles. The molecular weight excluding hydrogens is 581 g/mol. The quantitative estimate of drug-likeness (QED) is 0.203. The summed E-state index contributed by atoms with van der Waals surface area (Å²) in [7, 11) is -4.62. The topological polar surface area (TPSA) is 101 Å². The van der Waals surface area contributed by atoms with Crippen LogP contribution in [0.1, 0.15) is 66.9 Å². The van der Waals surface area contributed by atoms with Gasteiger partial charge in [-0.1, -0.05) is 51.1 Å². The smallest absolute Gasteiger partial charge is 0.341 e. The Kier molecular flexibility index (Phi) is 8.87. The first-order valence-corrected chi connectivity index (χ1v) is 21.7. The predicted molar refractivity (Wildman–Crippen MR) is 170 cm³/mol. The van der Waals surface area contributed by atoms with Gasteiger partial charge in [0, 0.05) is 19.3 Å². The molecule has 0 bridgehead atoms. The van der Waals surface area contributed by atoms with E-state index in [2.05, 4.69) is 33.9 Å². The molecule has 4 rings (SSSR count). The summed E-state index contributed by atoms with van der Waals surface area (Å²) in [4.78, 5) is 26.5. The number of fused-ring (bicyclic) bond motifs is 3. The molecule has 7 atom stereocenters. The molecule has 240 valence electrons.